The molecular weight excluding hydrogens is 779 g/mol. The largest absolute Gasteiger partial charge is 0.466 e. The normalized spacial score (nSPS) is 12.9. The number of esters is 1. The molecule has 6 heteroatoms. The Balaban J connectivity index is 3.47. The van der Waals surface area contributed by atoms with Gasteiger partial charge in [0.2, 0.25) is 5.91 Å². The van der Waals surface area contributed by atoms with Gasteiger partial charge in [-0.3, -0.25) is 9.59 Å². The van der Waals surface area contributed by atoms with Crippen molar-refractivity contribution in [3.8, 4) is 0 Å². The van der Waals surface area contributed by atoms with E-state index >= 15 is 0 Å². The third-order valence-electron chi connectivity index (χ3n) is 12.6. The first-order valence-electron chi connectivity index (χ1n) is 27.8. The topological polar surface area (TPSA) is 95.9 Å². The summed E-state index contributed by atoms with van der Waals surface area (Å²) in [6.45, 7) is 4.86. The van der Waals surface area contributed by atoms with E-state index in [0.717, 1.165) is 51.4 Å². The molecule has 0 saturated heterocycles. The van der Waals surface area contributed by atoms with E-state index < -0.39 is 12.1 Å². The number of rotatable bonds is 51. The summed E-state index contributed by atoms with van der Waals surface area (Å²) >= 11 is 0. The highest BCUT2D eigenvalue weighted by molar-refractivity contribution is 5.76. The number of carbonyl (C=O) groups is 2. The lowest BCUT2D eigenvalue weighted by Gasteiger charge is -2.20. The van der Waals surface area contributed by atoms with Crippen LogP contribution in [0.25, 0.3) is 0 Å². The molecule has 0 radical (unpaired) electrons. The fourth-order valence-electron chi connectivity index (χ4n) is 8.33. The Labute approximate surface area is 392 Å². The lowest BCUT2D eigenvalue weighted by molar-refractivity contribution is -0.143. The fourth-order valence-corrected chi connectivity index (χ4v) is 8.33. The minimum Gasteiger partial charge on any atom is -0.466 e. The first kappa shape index (κ1) is 61.1. The van der Waals surface area contributed by atoms with Crippen LogP contribution in [0, 0.1) is 0 Å². The maximum Gasteiger partial charge on any atom is 0.305 e. The second kappa shape index (κ2) is 52.7. The summed E-state index contributed by atoms with van der Waals surface area (Å²) in [6, 6.07) is -0.634. The van der Waals surface area contributed by atoms with Gasteiger partial charge in [0.15, 0.2) is 0 Å². The Morgan fingerprint density at radius 2 is 0.746 bits per heavy atom. The number of aliphatic hydroxyl groups excluding tert-OH is 2. The second-order valence-electron chi connectivity index (χ2n) is 18.9. The van der Waals surface area contributed by atoms with E-state index in [-0.39, 0.29) is 18.5 Å². The third kappa shape index (κ3) is 49.4. The predicted octanol–water partition coefficient (Wildman–Crippen LogP) is 16.9. The van der Waals surface area contributed by atoms with Gasteiger partial charge < -0.3 is 20.3 Å². The van der Waals surface area contributed by atoms with E-state index in [0.29, 0.717) is 19.4 Å². The summed E-state index contributed by atoms with van der Waals surface area (Å²) in [5, 5.41) is 23.1. The molecule has 0 heterocycles. The zero-order valence-electron chi connectivity index (χ0n) is 42.1. The molecule has 0 aliphatic heterocycles. The van der Waals surface area contributed by atoms with Crippen LogP contribution < -0.4 is 5.32 Å². The fraction of sp³-hybridized carbons (Fsp3) is 0.860. The maximum atomic E-state index is 12.4. The van der Waals surface area contributed by atoms with Crippen molar-refractivity contribution in [3.05, 3.63) is 36.5 Å². The van der Waals surface area contributed by atoms with Gasteiger partial charge in [0, 0.05) is 12.8 Å². The summed E-state index contributed by atoms with van der Waals surface area (Å²) < 4.78 is 5.45. The van der Waals surface area contributed by atoms with Crippen LogP contribution >= 0.6 is 0 Å². The van der Waals surface area contributed by atoms with Crippen LogP contribution in [0.5, 0.6) is 0 Å². The van der Waals surface area contributed by atoms with Crippen LogP contribution in [0.2, 0.25) is 0 Å². The zero-order chi connectivity index (χ0) is 45.8. The molecular formula is C57H107NO5. The van der Waals surface area contributed by atoms with E-state index in [4.69, 9.17) is 4.74 Å². The van der Waals surface area contributed by atoms with Gasteiger partial charge in [0.1, 0.15) is 0 Å². The van der Waals surface area contributed by atoms with Gasteiger partial charge in [-0.2, -0.15) is 0 Å². The molecule has 0 saturated carbocycles. The highest BCUT2D eigenvalue weighted by Crippen LogP contribution is 2.15. The van der Waals surface area contributed by atoms with Gasteiger partial charge in [0.25, 0.3) is 0 Å². The molecule has 0 aromatic heterocycles. The predicted molar refractivity (Wildman–Crippen MR) is 273 cm³/mol. The van der Waals surface area contributed by atoms with Gasteiger partial charge in [-0.25, -0.2) is 0 Å². The minimum atomic E-state index is -0.849. The smallest absolute Gasteiger partial charge is 0.305 e. The lowest BCUT2D eigenvalue weighted by Crippen LogP contribution is -2.45. The van der Waals surface area contributed by atoms with Crippen LogP contribution in [0.3, 0.4) is 0 Å². The van der Waals surface area contributed by atoms with Gasteiger partial charge in [-0.1, -0.05) is 230 Å². The van der Waals surface area contributed by atoms with Gasteiger partial charge in [-0.15, -0.1) is 0 Å². The number of unbranched alkanes of at least 4 members (excludes halogenated alkanes) is 36. The number of amides is 1. The first-order chi connectivity index (χ1) is 31.0. The maximum absolute atomic E-state index is 12.4. The molecule has 0 bridgehead atoms. The van der Waals surface area contributed by atoms with Gasteiger partial charge in [-0.05, 0) is 83.5 Å². The van der Waals surface area contributed by atoms with E-state index in [1.807, 2.05) is 6.08 Å². The molecule has 0 rings (SSSR count). The molecule has 0 aliphatic rings. The van der Waals surface area contributed by atoms with Crippen molar-refractivity contribution < 1.29 is 24.5 Å². The van der Waals surface area contributed by atoms with E-state index in [1.165, 1.54) is 212 Å². The molecule has 1 amide bonds. The van der Waals surface area contributed by atoms with Crippen molar-refractivity contribution in [2.24, 2.45) is 0 Å². The summed E-state index contributed by atoms with van der Waals surface area (Å²) in [7, 11) is 0. The first-order valence-corrected chi connectivity index (χ1v) is 27.8. The molecule has 0 aromatic carbocycles. The van der Waals surface area contributed by atoms with E-state index in [2.05, 4.69) is 43.5 Å². The molecule has 63 heavy (non-hydrogen) atoms. The Morgan fingerprint density at radius 1 is 0.429 bits per heavy atom. The summed E-state index contributed by atoms with van der Waals surface area (Å²) in [6.07, 6.45) is 64.4. The SMILES string of the molecule is CCCCC/C=C\CCCCCCCC(=O)OCCCCCCCCCCC/C=C\CCCCCCCCCC(=O)NC(CO)C(O)/C=C/CCCCCCCCCCCCCC. The Hall–Kier alpha value is -1.92. The minimum absolute atomic E-state index is 0.00505. The summed E-state index contributed by atoms with van der Waals surface area (Å²) in [5.74, 6) is -0.0820. The highest BCUT2D eigenvalue weighted by Gasteiger charge is 2.18. The molecule has 0 spiro atoms. The second-order valence-corrected chi connectivity index (χ2v) is 18.9. The molecule has 370 valence electrons. The molecule has 2 atom stereocenters. The summed E-state index contributed by atoms with van der Waals surface area (Å²) in [4.78, 5) is 24.4. The number of nitrogens with one attached hydrogen (secondary N) is 1. The van der Waals surface area contributed by atoms with Gasteiger partial charge in [0.05, 0.1) is 25.4 Å². The van der Waals surface area contributed by atoms with Crippen LogP contribution in [-0.2, 0) is 14.3 Å². The molecule has 0 fully saturated rings. The zero-order valence-corrected chi connectivity index (χ0v) is 42.1. The average Bonchev–Trinajstić information content (AvgIpc) is 3.28. The van der Waals surface area contributed by atoms with E-state index in [1.54, 1.807) is 6.08 Å². The molecule has 2 unspecified atom stereocenters. The Bertz CT molecular complexity index is 1020. The van der Waals surface area contributed by atoms with Crippen LogP contribution in [0.1, 0.15) is 290 Å². The molecule has 3 N–H and O–H groups in total. The number of ether oxygens (including phenoxy) is 1. The third-order valence-corrected chi connectivity index (χ3v) is 12.6. The van der Waals surface area contributed by atoms with E-state index in [9.17, 15) is 19.8 Å². The van der Waals surface area contributed by atoms with Crippen LogP contribution in [0.4, 0.5) is 0 Å². The van der Waals surface area contributed by atoms with Crippen molar-refractivity contribution >= 4 is 11.9 Å². The number of carbonyl (C=O) groups excluding carboxylic acids is 2. The lowest BCUT2D eigenvalue weighted by atomic mass is 10.0. The van der Waals surface area contributed by atoms with Crippen LogP contribution in [-0.4, -0.2) is 47.4 Å². The van der Waals surface area contributed by atoms with Crippen LogP contribution in [0.15, 0.2) is 36.5 Å². The standard InChI is InChI=1S/C57H107NO5/c1-3-5-7-9-11-13-15-17-26-29-33-37-41-45-49-55(60)54(53-59)58-56(61)50-46-42-38-34-30-27-24-22-20-18-19-21-23-25-28-32-36-40-44-48-52-63-57(62)51-47-43-39-35-31-16-14-12-10-8-6-4-2/h12,14,18,20,45,49,54-55,59-60H,3-11,13,15-17,19,21-44,46-48,50-53H2,1-2H3,(H,58,61)/b14-12-,20-18-,49-45+. The Morgan fingerprint density at radius 3 is 1.16 bits per heavy atom. The van der Waals surface area contributed by atoms with Crippen molar-refractivity contribution in [2.45, 2.75) is 302 Å². The summed E-state index contributed by atoms with van der Waals surface area (Å²) in [5.41, 5.74) is 0. The number of aliphatic hydroxyl groups is 2. The average molecular weight is 886 g/mol. The molecule has 0 aromatic rings. The molecule has 6 nitrogen and oxygen atoms in total. The van der Waals surface area contributed by atoms with Gasteiger partial charge >= 0.3 is 5.97 Å². The Kier molecular flexibility index (Phi) is 51.1. The number of hydrogen-bond acceptors (Lipinski definition) is 5. The van der Waals surface area contributed by atoms with Crippen molar-refractivity contribution in [1.82, 2.24) is 5.32 Å². The van der Waals surface area contributed by atoms with Crippen molar-refractivity contribution in [1.29, 1.82) is 0 Å². The monoisotopic (exact) mass is 886 g/mol. The number of allylic oxidation sites excluding steroid dienone is 5. The number of hydrogen-bond donors (Lipinski definition) is 3. The van der Waals surface area contributed by atoms with Crippen molar-refractivity contribution in [3.63, 3.8) is 0 Å². The van der Waals surface area contributed by atoms with Crippen molar-refractivity contribution in [2.75, 3.05) is 13.2 Å². The quantitative estimate of drug-likeness (QED) is 0.0321. The molecule has 0 aliphatic carbocycles. The highest BCUT2D eigenvalue weighted by atomic mass is 16.5.